The highest BCUT2D eigenvalue weighted by Crippen LogP contribution is 2.11. The van der Waals surface area contributed by atoms with Crippen LogP contribution in [-0.2, 0) is 18.2 Å². The third kappa shape index (κ3) is 3.14. The maximum atomic E-state index is 12.0. The molecule has 0 bridgehead atoms. The number of rotatable bonds is 3. The highest BCUT2D eigenvalue weighted by molar-refractivity contribution is 9.10. The van der Waals surface area contributed by atoms with E-state index in [2.05, 4.69) is 25.7 Å². The summed E-state index contributed by atoms with van der Waals surface area (Å²) in [5.41, 5.74) is 1.68. The molecule has 0 aromatic carbocycles. The molecular formula is C14H13BrN2O3. The average molecular weight is 337 g/mol. The first kappa shape index (κ1) is 14.5. The minimum absolute atomic E-state index is 0.0629. The van der Waals surface area contributed by atoms with Crippen LogP contribution in [0.25, 0.3) is 0 Å². The lowest BCUT2D eigenvalue weighted by Crippen LogP contribution is -2.20. The zero-order valence-electron chi connectivity index (χ0n) is 11.1. The van der Waals surface area contributed by atoms with Crippen molar-refractivity contribution in [2.24, 2.45) is 7.05 Å². The van der Waals surface area contributed by atoms with Gasteiger partial charge in [0, 0.05) is 41.6 Å². The van der Waals surface area contributed by atoms with Crippen LogP contribution in [0.15, 0.2) is 39.9 Å². The first-order chi connectivity index (χ1) is 9.51. The van der Waals surface area contributed by atoms with Gasteiger partial charge in [0.1, 0.15) is 0 Å². The number of ether oxygens (including phenoxy) is 1. The largest absolute Gasteiger partial charge is 0.465 e. The molecule has 0 aliphatic carbocycles. The van der Waals surface area contributed by atoms with Crippen LogP contribution in [-0.4, -0.2) is 22.6 Å². The molecule has 0 aliphatic heterocycles. The van der Waals surface area contributed by atoms with E-state index in [1.54, 1.807) is 31.4 Å². The Hall–Kier alpha value is -1.95. The summed E-state index contributed by atoms with van der Waals surface area (Å²) in [6.45, 7) is 0. The number of carbonyl (C=O) groups is 1. The van der Waals surface area contributed by atoms with Gasteiger partial charge in [-0.3, -0.25) is 9.78 Å². The van der Waals surface area contributed by atoms with Gasteiger partial charge in [0.15, 0.2) is 0 Å². The summed E-state index contributed by atoms with van der Waals surface area (Å²) in [6, 6.07) is 5.13. The zero-order valence-corrected chi connectivity index (χ0v) is 12.7. The summed E-state index contributed by atoms with van der Waals surface area (Å²) in [5.74, 6) is -0.428. The monoisotopic (exact) mass is 336 g/mol. The van der Waals surface area contributed by atoms with E-state index in [0.717, 1.165) is 4.47 Å². The Bertz CT molecular complexity index is 693. The van der Waals surface area contributed by atoms with Crippen molar-refractivity contribution in [3.05, 3.63) is 62.2 Å². The third-order valence-corrected chi connectivity index (χ3v) is 3.28. The summed E-state index contributed by atoms with van der Waals surface area (Å²) in [5, 5.41) is 0. The molecule has 20 heavy (non-hydrogen) atoms. The first-order valence-electron chi connectivity index (χ1n) is 5.89. The fourth-order valence-corrected chi connectivity index (χ4v) is 2.41. The Balaban J connectivity index is 2.27. The maximum Gasteiger partial charge on any atom is 0.339 e. The molecule has 0 amide bonds. The molecule has 0 N–H and O–H groups in total. The minimum atomic E-state index is -0.428. The van der Waals surface area contributed by atoms with Crippen LogP contribution < -0.4 is 5.56 Å². The molecule has 0 spiro atoms. The zero-order chi connectivity index (χ0) is 14.7. The highest BCUT2D eigenvalue weighted by Gasteiger charge is 2.08. The van der Waals surface area contributed by atoms with E-state index in [9.17, 15) is 9.59 Å². The summed E-state index contributed by atoms with van der Waals surface area (Å²) in [4.78, 5) is 27.5. The summed E-state index contributed by atoms with van der Waals surface area (Å²) >= 11 is 3.36. The van der Waals surface area contributed by atoms with Crippen molar-refractivity contribution < 1.29 is 9.53 Å². The van der Waals surface area contributed by atoms with Crippen molar-refractivity contribution in [2.75, 3.05) is 7.11 Å². The number of aromatic nitrogens is 2. The van der Waals surface area contributed by atoms with Crippen molar-refractivity contribution in [1.29, 1.82) is 0 Å². The lowest BCUT2D eigenvalue weighted by Gasteiger charge is -2.05. The van der Waals surface area contributed by atoms with Crippen molar-refractivity contribution >= 4 is 21.9 Å². The Morgan fingerprint density at radius 1 is 1.45 bits per heavy atom. The summed E-state index contributed by atoms with van der Waals surface area (Å²) in [6.07, 6.45) is 3.57. The molecule has 2 heterocycles. The van der Waals surface area contributed by atoms with Gasteiger partial charge in [0.25, 0.3) is 5.56 Å². The molecule has 0 fully saturated rings. The molecule has 6 heteroatoms. The summed E-state index contributed by atoms with van der Waals surface area (Å²) < 4.78 is 6.96. The van der Waals surface area contributed by atoms with Gasteiger partial charge in [-0.15, -0.1) is 0 Å². The fourth-order valence-electron chi connectivity index (χ4n) is 1.83. The SMILES string of the molecule is COC(=O)c1ccc(Cc2cc(Br)cn(C)c2=O)nc1. The number of aryl methyl sites for hydroxylation is 1. The van der Waals surface area contributed by atoms with Crippen LogP contribution in [0.1, 0.15) is 21.6 Å². The molecule has 0 aliphatic rings. The van der Waals surface area contributed by atoms with E-state index in [0.29, 0.717) is 23.2 Å². The van der Waals surface area contributed by atoms with Crippen LogP contribution in [0.3, 0.4) is 0 Å². The molecule has 0 atom stereocenters. The average Bonchev–Trinajstić information content (AvgIpc) is 2.44. The van der Waals surface area contributed by atoms with Crippen LogP contribution in [0.5, 0.6) is 0 Å². The standard InChI is InChI=1S/C14H13BrN2O3/c1-17-8-11(15)5-10(13(17)18)6-12-4-3-9(7-16-12)14(19)20-2/h3-5,7-8H,6H2,1-2H3. The predicted octanol–water partition coefficient (Wildman–Crippen LogP) is 1.92. The molecule has 0 radical (unpaired) electrons. The van der Waals surface area contributed by atoms with Gasteiger partial charge in [-0.25, -0.2) is 4.79 Å². The topological polar surface area (TPSA) is 61.2 Å². The molecule has 0 saturated heterocycles. The normalized spacial score (nSPS) is 10.3. The number of carbonyl (C=O) groups excluding carboxylic acids is 1. The van der Waals surface area contributed by atoms with E-state index in [1.165, 1.54) is 17.9 Å². The molecule has 104 valence electrons. The van der Waals surface area contributed by atoms with Crippen molar-refractivity contribution in [1.82, 2.24) is 9.55 Å². The van der Waals surface area contributed by atoms with E-state index in [1.807, 2.05) is 0 Å². The lowest BCUT2D eigenvalue weighted by molar-refractivity contribution is 0.0600. The lowest BCUT2D eigenvalue weighted by atomic mass is 10.1. The Morgan fingerprint density at radius 3 is 2.80 bits per heavy atom. The van der Waals surface area contributed by atoms with Gasteiger partial charge in [0.2, 0.25) is 0 Å². The van der Waals surface area contributed by atoms with Gasteiger partial charge < -0.3 is 9.30 Å². The number of esters is 1. The molecule has 0 saturated carbocycles. The highest BCUT2D eigenvalue weighted by atomic mass is 79.9. The number of methoxy groups -OCH3 is 1. The van der Waals surface area contributed by atoms with Crippen molar-refractivity contribution in [3.8, 4) is 0 Å². The van der Waals surface area contributed by atoms with Gasteiger partial charge in [-0.05, 0) is 34.1 Å². The predicted molar refractivity (Wildman–Crippen MR) is 77.8 cm³/mol. The molecular weight excluding hydrogens is 324 g/mol. The van der Waals surface area contributed by atoms with E-state index in [-0.39, 0.29) is 5.56 Å². The molecule has 0 unspecified atom stereocenters. The second kappa shape index (κ2) is 6.00. The van der Waals surface area contributed by atoms with Gasteiger partial charge in [-0.2, -0.15) is 0 Å². The second-order valence-corrected chi connectivity index (χ2v) is 5.22. The number of pyridine rings is 2. The van der Waals surface area contributed by atoms with Gasteiger partial charge in [0.05, 0.1) is 12.7 Å². The third-order valence-electron chi connectivity index (χ3n) is 2.84. The van der Waals surface area contributed by atoms with Gasteiger partial charge >= 0.3 is 5.97 Å². The maximum absolute atomic E-state index is 12.0. The smallest absolute Gasteiger partial charge is 0.339 e. The van der Waals surface area contributed by atoms with Gasteiger partial charge in [-0.1, -0.05) is 0 Å². The minimum Gasteiger partial charge on any atom is -0.465 e. The fraction of sp³-hybridized carbons (Fsp3) is 0.214. The second-order valence-electron chi connectivity index (χ2n) is 4.31. The van der Waals surface area contributed by atoms with Crippen LogP contribution in [0.2, 0.25) is 0 Å². The Labute approximate surface area is 124 Å². The summed E-state index contributed by atoms with van der Waals surface area (Å²) in [7, 11) is 3.02. The van der Waals surface area contributed by atoms with E-state index >= 15 is 0 Å². The number of nitrogens with zero attached hydrogens (tertiary/aromatic N) is 2. The van der Waals surface area contributed by atoms with Crippen LogP contribution in [0, 0.1) is 0 Å². The first-order valence-corrected chi connectivity index (χ1v) is 6.69. The molecule has 5 nitrogen and oxygen atoms in total. The number of hydrogen-bond donors (Lipinski definition) is 0. The Kier molecular flexibility index (Phi) is 4.34. The molecule has 2 rings (SSSR count). The Morgan fingerprint density at radius 2 is 2.20 bits per heavy atom. The van der Waals surface area contributed by atoms with Crippen molar-refractivity contribution in [2.45, 2.75) is 6.42 Å². The van der Waals surface area contributed by atoms with Crippen molar-refractivity contribution in [3.63, 3.8) is 0 Å². The quantitative estimate of drug-likeness (QED) is 0.803. The number of halogens is 1. The van der Waals surface area contributed by atoms with E-state index < -0.39 is 5.97 Å². The molecule has 2 aromatic heterocycles. The van der Waals surface area contributed by atoms with E-state index in [4.69, 9.17) is 0 Å². The van der Waals surface area contributed by atoms with Crippen LogP contribution in [0.4, 0.5) is 0 Å². The van der Waals surface area contributed by atoms with Crippen LogP contribution >= 0.6 is 15.9 Å². The number of hydrogen-bond acceptors (Lipinski definition) is 4. The molecule has 2 aromatic rings.